The van der Waals surface area contributed by atoms with Crippen molar-refractivity contribution in [1.82, 2.24) is 9.88 Å². The van der Waals surface area contributed by atoms with Gasteiger partial charge < -0.3 is 19.5 Å². The van der Waals surface area contributed by atoms with E-state index in [4.69, 9.17) is 16.0 Å². The first-order valence-electron chi connectivity index (χ1n) is 10.2. The lowest BCUT2D eigenvalue weighted by Crippen LogP contribution is -2.52. The van der Waals surface area contributed by atoms with E-state index in [2.05, 4.69) is 15.2 Å². The number of carbonyl (C=O) groups excluding carboxylic acids is 1. The number of amides is 2. The smallest absolute Gasteiger partial charge is 0.322 e. The summed E-state index contributed by atoms with van der Waals surface area (Å²) in [6.45, 7) is 1.76. The maximum Gasteiger partial charge on any atom is 0.322 e. The Morgan fingerprint density at radius 1 is 0.968 bits per heavy atom. The Morgan fingerprint density at radius 2 is 1.71 bits per heavy atom. The Balaban J connectivity index is 1.41. The third kappa shape index (κ3) is 4.07. The molecule has 0 bridgehead atoms. The van der Waals surface area contributed by atoms with Crippen molar-refractivity contribution in [3.8, 4) is 0 Å². The lowest BCUT2D eigenvalue weighted by Gasteiger charge is -2.41. The second kappa shape index (κ2) is 8.32. The van der Waals surface area contributed by atoms with Crippen molar-refractivity contribution < 1.29 is 9.21 Å². The summed E-state index contributed by atoms with van der Waals surface area (Å²) in [5.41, 5.74) is 3.37. The molecule has 3 aromatic carbocycles. The molecule has 31 heavy (non-hydrogen) atoms. The lowest BCUT2D eigenvalue weighted by molar-refractivity contribution is 0.177. The number of carbonyl (C=O) groups is 1. The van der Waals surface area contributed by atoms with Crippen molar-refractivity contribution in [3.05, 3.63) is 89.4 Å². The number of piperazine rings is 1. The zero-order valence-electron chi connectivity index (χ0n) is 16.7. The highest BCUT2D eigenvalue weighted by Crippen LogP contribution is 2.30. The standard InChI is InChI=1S/C24H21ClN4O2/c25-18-10-12-19(13-11-18)26-23(30)29-15-14-28(16-21(29)17-6-2-1-3-7-17)24-27-20-8-4-5-9-22(20)31-24/h1-13,21H,14-16H2,(H,26,30). The molecule has 2 amide bonds. The van der Waals surface area contributed by atoms with Crippen LogP contribution in [0, 0.1) is 0 Å². The number of aromatic nitrogens is 1. The van der Waals surface area contributed by atoms with Crippen LogP contribution >= 0.6 is 11.6 Å². The van der Waals surface area contributed by atoms with E-state index in [-0.39, 0.29) is 12.1 Å². The fourth-order valence-corrected chi connectivity index (χ4v) is 4.01. The Kier molecular flexibility index (Phi) is 5.22. The van der Waals surface area contributed by atoms with Crippen LogP contribution in [-0.2, 0) is 0 Å². The Labute approximate surface area is 185 Å². The summed E-state index contributed by atoms with van der Waals surface area (Å²) in [5.74, 6) is 0. The maximum atomic E-state index is 13.1. The van der Waals surface area contributed by atoms with Gasteiger partial charge in [0.1, 0.15) is 5.52 Å². The molecule has 0 spiro atoms. The molecule has 1 atom stereocenters. The van der Waals surface area contributed by atoms with Crippen molar-refractivity contribution in [2.75, 3.05) is 29.9 Å². The first-order chi connectivity index (χ1) is 15.2. The van der Waals surface area contributed by atoms with Gasteiger partial charge in [-0.3, -0.25) is 0 Å². The van der Waals surface area contributed by atoms with Gasteiger partial charge in [-0.15, -0.1) is 0 Å². The molecule has 1 saturated heterocycles. The number of urea groups is 1. The average molecular weight is 433 g/mol. The highest BCUT2D eigenvalue weighted by atomic mass is 35.5. The van der Waals surface area contributed by atoms with Crippen molar-refractivity contribution in [1.29, 1.82) is 0 Å². The quantitative estimate of drug-likeness (QED) is 0.459. The van der Waals surface area contributed by atoms with Crippen LogP contribution in [-0.4, -0.2) is 35.5 Å². The zero-order valence-corrected chi connectivity index (χ0v) is 17.5. The fourth-order valence-electron chi connectivity index (χ4n) is 3.88. The second-order valence-corrected chi connectivity index (χ2v) is 7.90. The van der Waals surface area contributed by atoms with E-state index < -0.39 is 0 Å². The van der Waals surface area contributed by atoms with E-state index in [1.165, 1.54) is 0 Å². The van der Waals surface area contributed by atoms with Gasteiger partial charge >= 0.3 is 6.03 Å². The summed E-state index contributed by atoms with van der Waals surface area (Å²) in [5, 5.41) is 3.62. The summed E-state index contributed by atoms with van der Waals surface area (Å²) in [7, 11) is 0. The number of hydrogen-bond donors (Lipinski definition) is 1. The molecule has 1 aliphatic rings. The molecule has 1 N–H and O–H groups in total. The molecule has 0 saturated carbocycles. The van der Waals surface area contributed by atoms with Crippen LogP contribution in [0.15, 0.2) is 83.3 Å². The van der Waals surface area contributed by atoms with E-state index in [0.29, 0.717) is 36.4 Å². The van der Waals surface area contributed by atoms with Crippen molar-refractivity contribution in [2.45, 2.75) is 6.04 Å². The zero-order chi connectivity index (χ0) is 21.2. The molecular weight excluding hydrogens is 412 g/mol. The molecular formula is C24H21ClN4O2. The first kappa shape index (κ1) is 19.5. The van der Waals surface area contributed by atoms with E-state index in [1.807, 2.05) is 59.5 Å². The van der Waals surface area contributed by atoms with Gasteiger partial charge in [0.05, 0.1) is 6.04 Å². The summed E-state index contributed by atoms with van der Waals surface area (Å²) in [6, 6.07) is 25.2. The van der Waals surface area contributed by atoms with Crippen LogP contribution in [0.4, 0.5) is 16.5 Å². The molecule has 0 aliphatic carbocycles. The Morgan fingerprint density at radius 3 is 2.48 bits per heavy atom. The number of anilines is 2. The molecule has 1 aliphatic heterocycles. The largest absolute Gasteiger partial charge is 0.423 e. The summed E-state index contributed by atoms with van der Waals surface area (Å²) in [4.78, 5) is 21.7. The van der Waals surface area contributed by atoms with Crippen molar-refractivity contribution in [3.63, 3.8) is 0 Å². The van der Waals surface area contributed by atoms with E-state index in [9.17, 15) is 4.79 Å². The van der Waals surface area contributed by atoms with E-state index in [0.717, 1.165) is 16.7 Å². The van der Waals surface area contributed by atoms with Gasteiger partial charge in [0.2, 0.25) is 0 Å². The fraction of sp³-hybridized carbons (Fsp3) is 0.167. The normalized spacial score (nSPS) is 16.5. The number of oxazole rings is 1. The van der Waals surface area contributed by atoms with Gasteiger partial charge in [-0.05, 0) is 42.0 Å². The topological polar surface area (TPSA) is 61.6 Å². The minimum atomic E-state index is -0.145. The minimum Gasteiger partial charge on any atom is -0.423 e. The van der Waals surface area contributed by atoms with Gasteiger partial charge in [-0.1, -0.05) is 54.1 Å². The molecule has 4 aromatic rings. The third-order valence-corrected chi connectivity index (χ3v) is 5.73. The molecule has 0 radical (unpaired) electrons. The van der Waals surface area contributed by atoms with Crippen LogP contribution < -0.4 is 10.2 Å². The average Bonchev–Trinajstić information content (AvgIpc) is 3.25. The number of nitrogens with zero attached hydrogens (tertiary/aromatic N) is 3. The molecule has 5 rings (SSSR count). The molecule has 2 heterocycles. The highest BCUT2D eigenvalue weighted by Gasteiger charge is 2.33. The second-order valence-electron chi connectivity index (χ2n) is 7.47. The number of hydrogen-bond acceptors (Lipinski definition) is 4. The van der Waals surface area contributed by atoms with Gasteiger partial charge in [0.15, 0.2) is 5.58 Å². The molecule has 1 aromatic heterocycles. The molecule has 1 unspecified atom stereocenters. The maximum absolute atomic E-state index is 13.1. The predicted molar refractivity (Wildman–Crippen MR) is 123 cm³/mol. The first-order valence-corrected chi connectivity index (χ1v) is 10.5. The van der Waals surface area contributed by atoms with Gasteiger partial charge in [0, 0.05) is 30.3 Å². The summed E-state index contributed by atoms with van der Waals surface area (Å²) >= 11 is 5.96. The van der Waals surface area contributed by atoms with Crippen LogP contribution in [0.2, 0.25) is 5.02 Å². The van der Waals surface area contributed by atoms with Gasteiger partial charge in [0.25, 0.3) is 6.01 Å². The summed E-state index contributed by atoms with van der Waals surface area (Å²) < 4.78 is 5.98. The molecule has 1 fully saturated rings. The van der Waals surface area contributed by atoms with Crippen molar-refractivity contribution >= 4 is 40.4 Å². The Hall–Kier alpha value is -3.51. The third-order valence-electron chi connectivity index (χ3n) is 5.47. The van der Waals surface area contributed by atoms with Crippen LogP contribution in [0.5, 0.6) is 0 Å². The molecule has 156 valence electrons. The van der Waals surface area contributed by atoms with Gasteiger partial charge in [-0.25, -0.2) is 4.79 Å². The number of fused-ring (bicyclic) bond motifs is 1. The number of para-hydroxylation sites is 2. The van der Waals surface area contributed by atoms with Crippen LogP contribution in [0.3, 0.4) is 0 Å². The lowest BCUT2D eigenvalue weighted by atomic mass is 10.0. The monoisotopic (exact) mass is 432 g/mol. The van der Waals surface area contributed by atoms with E-state index >= 15 is 0 Å². The van der Waals surface area contributed by atoms with Crippen molar-refractivity contribution in [2.24, 2.45) is 0 Å². The van der Waals surface area contributed by atoms with Gasteiger partial charge in [-0.2, -0.15) is 4.98 Å². The van der Waals surface area contributed by atoms with Crippen LogP contribution in [0.25, 0.3) is 11.1 Å². The summed E-state index contributed by atoms with van der Waals surface area (Å²) in [6.07, 6.45) is 0. The molecule has 6 nitrogen and oxygen atoms in total. The molecule has 7 heteroatoms. The highest BCUT2D eigenvalue weighted by molar-refractivity contribution is 6.30. The van der Waals surface area contributed by atoms with E-state index in [1.54, 1.807) is 24.3 Å². The minimum absolute atomic E-state index is 0.141. The Bertz CT molecular complexity index is 1160. The van der Waals surface area contributed by atoms with Crippen LogP contribution in [0.1, 0.15) is 11.6 Å². The number of nitrogens with one attached hydrogen (secondary N) is 1. The predicted octanol–water partition coefficient (Wildman–Crippen LogP) is 5.58. The number of halogens is 1. The number of rotatable bonds is 3. The number of benzene rings is 3. The SMILES string of the molecule is O=C(Nc1ccc(Cl)cc1)N1CCN(c2nc3ccccc3o2)CC1c1ccccc1.